The van der Waals surface area contributed by atoms with E-state index >= 15 is 0 Å². The van der Waals surface area contributed by atoms with Crippen molar-refractivity contribution >= 4 is 25.2 Å². The average molecular weight is 218 g/mol. The highest BCUT2D eigenvalue weighted by Gasteiger charge is 2.14. The third-order valence-corrected chi connectivity index (χ3v) is 2.82. The number of nitrogens with zero attached hydrogens (tertiary/aromatic N) is 3. The van der Waals surface area contributed by atoms with E-state index in [-0.39, 0.29) is 5.03 Å². The standard InChI is InChI=1S/C6H4ClN3O2S/c7-13(11,12)6-3-1-2-5-4-8-9-10(5)6/h1-4H. The van der Waals surface area contributed by atoms with Crippen molar-refractivity contribution in [3.05, 3.63) is 24.4 Å². The molecule has 0 bridgehead atoms. The molecule has 0 fully saturated rings. The summed E-state index contributed by atoms with van der Waals surface area (Å²) in [5.41, 5.74) is 0.585. The maximum absolute atomic E-state index is 11.0. The Bertz CT molecular complexity index is 548. The second-order valence-corrected chi connectivity index (χ2v) is 4.89. The van der Waals surface area contributed by atoms with Crippen LogP contribution in [0.1, 0.15) is 0 Å². The molecule has 5 nitrogen and oxygen atoms in total. The van der Waals surface area contributed by atoms with Crippen molar-refractivity contribution in [3.8, 4) is 0 Å². The number of hydrogen-bond donors (Lipinski definition) is 0. The minimum absolute atomic E-state index is 0.0795. The van der Waals surface area contributed by atoms with E-state index in [2.05, 4.69) is 10.3 Å². The Kier molecular flexibility index (Phi) is 1.74. The maximum Gasteiger partial charge on any atom is 0.278 e. The summed E-state index contributed by atoms with van der Waals surface area (Å²) < 4.78 is 23.2. The lowest BCUT2D eigenvalue weighted by atomic mass is 10.4. The van der Waals surface area contributed by atoms with Crippen molar-refractivity contribution < 1.29 is 8.42 Å². The molecular formula is C6H4ClN3O2S. The SMILES string of the molecule is O=S(=O)(Cl)c1cccc2cnnn12. The number of halogens is 1. The lowest BCUT2D eigenvalue weighted by molar-refractivity contribution is 0.600. The van der Waals surface area contributed by atoms with Gasteiger partial charge in [-0.15, -0.1) is 5.10 Å². The molecule has 0 aliphatic carbocycles. The van der Waals surface area contributed by atoms with Crippen molar-refractivity contribution in [2.45, 2.75) is 5.03 Å². The van der Waals surface area contributed by atoms with Gasteiger partial charge in [-0.1, -0.05) is 11.3 Å². The zero-order valence-electron chi connectivity index (χ0n) is 6.25. The smallest absolute Gasteiger partial charge is 0.205 e. The number of hydrogen-bond acceptors (Lipinski definition) is 4. The number of fused-ring (bicyclic) bond motifs is 1. The largest absolute Gasteiger partial charge is 0.278 e. The van der Waals surface area contributed by atoms with Gasteiger partial charge in [0.05, 0.1) is 11.7 Å². The van der Waals surface area contributed by atoms with Crippen molar-refractivity contribution in [1.82, 2.24) is 14.8 Å². The van der Waals surface area contributed by atoms with Gasteiger partial charge >= 0.3 is 0 Å². The van der Waals surface area contributed by atoms with Gasteiger partial charge in [-0.05, 0) is 12.1 Å². The summed E-state index contributed by atoms with van der Waals surface area (Å²) in [7, 11) is 1.41. The van der Waals surface area contributed by atoms with E-state index < -0.39 is 9.05 Å². The molecular weight excluding hydrogens is 214 g/mol. The van der Waals surface area contributed by atoms with E-state index in [1.54, 1.807) is 12.1 Å². The van der Waals surface area contributed by atoms with Crippen LogP contribution in [0.5, 0.6) is 0 Å². The Balaban J connectivity index is 2.91. The molecule has 2 aromatic heterocycles. The summed E-state index contributed by atoms with van der Waals surface area (Å²) >= 11 is 0. The Morgan fingerprint density at radius 2 is 2.15 bits per heavy atom. The van der Waals surface area contributed by atoms with E-state index in [0.29, 0.717) is 5.52 Å². The van der Waals surface area contributed by atoms with Crippen LogP contribution in [0.4, 0.5) is 0 Å². The maximum atomic E-state index is 11.0. The molecule has 0 radical (unpaired) electrons. The molecule has 2 aromatic rings. The average Bonchev–Trinajstić information content (AvgIpc) is 2.48. The molecule has 0 spiro atoms. The lowest BCUT2D eigenvalue weighted by Crippen LogP contribution is -2.01. The summed E-state index contributed by atoms with van der Waals surface area (Å²) in [6.07, 6.45) is 1.45. The fourth-order valence-corrected chi connectivity index (χ4v) is 1.95. The van der Waals surface area contributed by atoms with E-state index in [9.17, 15) is 8.42 Å². The summed E-state index contributed by atoms with van der Waals surface area (Å²) in [4.78, 5) is 0. The van der Waals surface area contributed by atoms with Crippen LogP contribution < -0.4 is 0 Å². The molecule has 0 unspecified atom stereocenters. The van der Waals surface area contributed by atoms with Gasteiger partial charge in [0.15, 0.2) is 5.03 Å². The van der Waals surface area contributed by atoms with Gasteiger partial charge < -0.3 is 0 Å². The van der Waals surface area contributed by atoms with Gasteiger partial charge in [-0.3, -0.25) is 0 Å². The normalized spacial score (nSPS) is 12.1. The Labute approximate surface area is 78.4 Å². The van der Waals surface area contributed by atoms with Crippen LogP contribution in [0.2, 0.25) is 0 Å². The Hall–Kier alpha value is -1.14. The fourth-order valence-electron chi connectivity index (χ4n) is 1.01. The zero-order valence-corrected chi connectivity index (χ0v) is 7.83. The van der Waals surface area contributed by atoms with E-state index in [0.717, 1.165) is 0 Å². The first kappa shape index (κ1) is 8.46. The van der Waals surface area contributed by atoms with Crippen LogP contribution in [-0.4, -0.2) is 23.2 Å². The first-order chi connectivity index (χ1) is 6.09. The second-order valence-electron chi connectivity index (χ2n) is 2.37. The summed E-state index contributed by atoms with van der Waals surface area (Å²) in [6, 6.07) is 4.63. The lowest BCUT2D eigenvalue weighted by Gasteiger charge is -1.97. The monoisotopic (exact) mass is 217 g/mol. The van der Waals surface area contributed by atoms with Crippen molar-refractivity contribution in [2.75, 3.05) is 0 Å². The van der Waals surface area contributed by atoms with E-state index in [4.69, 9.17) is 10.7 Å². The molecule has 68 valence electrons. The van der Waals surface area contributed by atoms with Crippen LogP contribution >= 0.6 is 10.7 Å². The third kappa shape index (κ3) is 1.38. The van der Waals surface area contributed by atoms with Gasteiger partial charge in [0.2, 0.25) is 0 Å². The predicted molar refractivity (Wildman–Crippen MR) is 46.0 cm³/mol. The van der Waals surface area contributed by atoms with Gasteiger partial charge in [0.25, 0.3) is 9.05 Å². The fraction of sp³-hybridized carbons (Fsp3) is 0. The molecule has 7 heteroatoms. The molecule has 0 N–H and O–H groups in total. The van der Waals surface area contributed by atoms with E-state index in [1.165, 1.54) is 16.8 Å². The number of aromatic nitrogens is 3. The number of pyridine rings is 1. The summed E-state index contributed by atoms with van der Waals surface area (Å²) in [5, 5.41) is 7.07. The van der Waals surface area contributed by atoms with Gasteiger partial charge in [0.1, 0.15) is 0 Å². The molecule has 0 aliphatic heterocycles. The first-order valence-electron chi connectivity index (χ1n) is 3.33. The highest BCUT2D eigenvalue weighted by molar-refractivity contribution is 8.13. The molecule has 0 saturated heterocycles. The van der Waals surface area contributed by atoms with Crippen LogP contribution in [0.3, 0.4) is 0 Å². The van der Waals surface area contributed by atoms with Crippen LogP contribution in [0, 0.1) is 0 Å². The minimum atomic E-state index is -3.77. The first-order valence-corrected chi connectivity index (χ1v) is 5.64. The predicted octanol–water partition coefficient (Wildman–Crippen LogP) is 0.657. The van der Waals surface area contributed by atoms with Crippen molar-refractivity contribution in [2.24, 2.45) is 0 Å². The van der Waals surface area contributed by atoms with Crippen LogP contribution in [0.25, 0.3) is 5.52 Å². The zero-order chi connectivity index (χ0) is 9.47. The topological polar surface area (TPSA) is 64.3 Å². The highest BCUT2D eigenvalue weighted by atomic mass is 35.7. The Morgan fingerprint density at radius 1 is 1.38 bits per heavy atom. The number of rotatable bonds is 1. The molecule has 0 aliphatic rings. The van der Waals surface area contributed by atoms with Gasteiger partial charge in [0, 0.05) is 10.7 Å². The molecule has 0 saturated carbocycles. The molecule has 2 rings (SSSR count). The van der Waals surface area contributed by atoms with E-state index in [1.807, 2.05) is 0 Å². The third-order valence-electron chi connectivity index (χ3n) is 1.54. The minimum Gasteiger partial charge on any atom is -0.205 e. The summed E-state index contributed by atoms with van der Waals surface area (Å²) in [5.74, 6) is 0. The Morgan fingerprint density at radius 3 is 2.85 bits per heavy atom. The van der Waals surface area contributed by atoms with Crippen molar-refractivity contribution in [1.29, 1.82) is 0 Å². The highest BCUT2D eigenvalue weighted by Crippen LogP contribution is 2.14. The van der Waals surface area contributed by atoms with Gasteiger partial charge in [-0.25, -0.2) is 12.9 Å². The molecule has 0 amide bonds. The summed E-state index contributed by atoms with van der Waals surface area (Å²) in [6.45, 7) is 0. The quantitative estimate of drug-likeness (QED) is 0.659. The van der Waals surface area contributed by atoms with Crippen LogP contribution in [-0.2, 0) is 9.05 Å². The van der Waals surface area contributed by atoms with Crippen LogP contribution in [0.15, 0.2) is 29.4 Å². The van der Waals surface area contributed by atoms with Crippen molar-refractivity contribution in [3.63, 3.8) is 0 Å². The molecule has 0 aromatic carbocycles. The second kappa shape index (κ2) is 2.68. The van der Waals surface area contributed by atoms with Gasteiger partial charge in [-0.2, -0.15) is 0 Å². The molecule has 0 atom stereocenters. The molecule has 13 heavy (non-hydrogen) atoms. The molecule has 2 heterocycles.